The first-order valence-corrected chi connectivity index (χ1v) is 11.4. The van der Waals surface area contributed by atoms with Gasteiger partial charge in [0.05, 0.1) is 22.9 Å². The zero-order valence-electron chi connectivity index (χ0n) is 17.2. The summed E-state index contributed by atoms with van der Waals surface area (Å²) in [6, 6.07) is 36.6. The molecular formula is C29H19BrN2. The van der Waals surface area contributed by atoms with Crippen molar-refractivity contribution in [2.24, 2.45) is 0 Å². The first kappa shape index (κ1) is 19.0. The molecule has 0 spiro atoms. The van der Waals surface area contributed by atoms with Crippen LogP contribution in [0.15, 0.2) is 120 Å². The molecule has 0 fully saturated rings. The molecule has 3 heteroatoms. The third-order valence-electron chi connectivity index (χ3n) is 5.95. The zero-order valence-corrected chi connectivity index (χ0v) is 18.8. The van der Waals surface area contributed by atoms with Crippen LogP contribution in [0.25, 0.3) is 49.7 Å². The zero-order chi connectivity index (χ0) is 21.5. The van der Waals surface area contributed by atoms with Crippen LogP contribution < -0.4 is 0 Å². The van der Waals surface area contributed by atoms with Gasteiger partial charge in [-0.3, -0.25) is 4.98 Å². The minimum Gasteiger partial charge on any atom is -0.308 e. The molecule has 0 radical (unpaired) electrons. The number of nitrogens with zero attached hydrogens (tertiary/aromatic N) is 2. The Morgan fingerprint density at radius 1 is 0.562 bits per heavy atom. The molecule has 6 rings (SSSR count). The maximum absolute atomic E-state index is 4.34. The third kappa shape index (κ3) is 3.22. The molecule has 32 heavy (non-hydrogen) atoms. The van der Waals surface area contributed by atoms with Crippen LogP contribution in [-0.2, 0) is 0 Å². The molecule has 0 saturated carbocycles. The van der Waals surface area contributed by atoms with Crippen molar-refractivity contribution < 1.29 is 0 Å². The van der Waals surface area contributed by atoms with Crippen molar-refractivity contribution in [2.45, 2.75) is 0 Å². The van der Waals surface area contributed by atoms with Crippen LogP contribution in [0, 0.1) is 0 Å². The maximum atomic E-state index is 4.34. The fourth-order valence-corrected chi connectivity index (χ4v) is 4.70. The normalized spacial score (nSPS) is 11.3. The van der Waals surface area contributed by atoms with Gasteiger partial charge in [0.15, 0.2) is 0 Å². The number of hydrogen-bond acceptors (Lipinski definition) is 1. The number of benzene rings is 4. The van der Waals surface area contributed by atoms with E-state index in [-0.39, 0.29) is 0 Å². The molecule has 0 unspecified atom stereocenters. The lowest BCUT2D eigenvalue weighted by atomic mass is 9.98. The number of aromatic nitrogens is 2. The number of fused-ring (bicyclic) bond motifs is 3. The van der Waals surface area contributed by atoms with E-state index < -0.39 is 0 Å². The van der Waals surface area contributed by atoms with Gasteiger partial charge in [-0.2, -0.15) is 0 Å². The first-order chi connectivity index (χ1) is 15.8. The topological polar surface area (TPSA) is 17.8 Å². The molecule has 0 atom stereocenters. The molecular weight excluding hydrogens is 456 g/mol. The second-order valence-electron chi connectivity index (χ2n) is 7.88. The monoisotopic (exact) mass is 474 g/mol. The van der Waals surface area contributed by atoms with Gasteiger partial charge in [-0.05, 0) is 70.8 Å². The molecule has 2 aromatic heterocycles. The molecule has 0 N–H and O–H groups in total. The van der Waals surface area contributed by atoms with Gasteiger partial charge in [0, 0.05) is 21.4 Å². The summed E-state index contributed by atoms with van der Waals surface area (Å²) in [7, 11) is 0. The van der Waals surface area contributed by atoms with Gasteiger partial charge in [0.2, 0.25) is 0 Å². The number of pyridine rings is 1. The molecule has 6 aromatic rings. The smallest absolute Gasteiger partial charge is 0.0645 e. The summed E-state index contributed by atoms with van der Waals surface area (Å²) in [5, 5.41) is 2.49. The quantitative estimate of drug-likeness (QED) is 0.252. The highest BCUT2D eigenvalue weighted by atomic mass is 79.9. The minimum absolute atomic E-state index is 1.07. The van der Waals surface area contributed by atoms with Crippen LogP contribution in [0.1, 0.15) is 0 Å². The van der Waals surface area contributed by atoms with Crippen molar-refractivity contribution in [3.8, 4) is 27.9 Å². The lowest BCUT2D eigenvalue weighted by Crippen LogP contribution is -1.93. The molecule has 0 bridgehead atoms. The van der Waals surface area contributed by atoms with Crippen LogP contribution in [-0.4, -0.2) is 9.55 Å². The molecule has 0 saturated heterocycles. The third-order valence-corrected chi connectivity index (χ3v) is 6.48. The summed E-state index contributed by atoms with van der Waals surface area (Å²) in [5.74, 6) is 0. The SMILES string of the molecule is Brc1ccc(-c2cccc(-c3ccc4c(c3)c3ccccc3n4-c3cccnc3)c2)cc1. The van der Waals surface area contributed by atoms with Crippen LogP contribution in [0.2, 0.25) is 0 Å². The number of rotatable bonds is 3. The fourth-order valence-electron chi connectivity index (χ4n) is 4.44. The van der Waals surface area contributed by atoms with Crippen molar-refractivity contribution in [1.82, 2.24) is 9.55 Å². The van der Waals surface area contributed by atoms with Crippen molar-refractivity contribution in [2.75, 3.05) is 0 Å². The number of halogens is 1. The average Bonchev–Trinajstić information content (AvgIpc) is 3.19. The largest absolute Gasteiger partial charge is 0.308 e. The van der Waals surface area contributed by atoms with Gasteiger partial charge in [-0.25, -0.2) is 0 Å². The van der Waals surface area contributed by atoms with E-state index in [1.54, 1.807) is 0 Å². The predicted molar refractivity (Wildman–Crippen MR) is 137 cm³/mol. The lowest BCUT2D eigenvalue weighted by Gasteiger charge is -2.09. The maximum Gasteiger partial charge on any atom is 0.0645 e. The van der Waals surface area contributed by atoms with Crippen LogP contribution in [0.3, 0.4) is 0 Å². The Kier molecular flexibility index (Phi) is 4.62. The van der Waals surface area contributed by atoms with E-state index in [2.05, 4.69) is 123 Å². The van der Waals surface area contributed by atoms with E-state index in [1.165, 1.54) is 44.1 Å². The Morgan fingerprint density at radius 2 is 1.28 bits per heavy atom. The van der Waals surface area contributed by atoms with Crippen molar-refractivity contribution in [3.63, 3.8) is 0 Å². The Bertz CT molecular complexity index is 1560. The van der Waals surface area contributed by atoms with E-state index in [1.807, 2.05) is 18.5 Å². The molecule has 0 aliphatic heterocycles. The van der Waals surface area contributed by atoms with E-state index >= 15 is 0 Å². The summed E-state index contributed by atoms with van der Waals surface area (Å²) < 4.78 is 3.38. The Hall–Kier alpha value is -3.69. The molecule has 0 amide bonds. The number of hydrogen-bond donors (Lipinski definition) is 0. The van der Waals surface area contributed by atoms with E-state index in [0.29, 0.717) is 0 Å². The minimum atomic E-state index is 1.07. The second kappa shape index (κ2) is 7.77. The Labute approximate surface area is 194 Å². The predicted octanol–water partition coefficient (Wildman–Crippen LogP) is 8.28. The Balaban J connectivity index is 1.53. The van der Waals surface area contributed by atoms with Gasteiger partial charge >= 0.3 is 0 Å². The standard InChI is InChI=1S/C29H19BrN2/c30-24-13-10-20(11-14-24)21-5-3-6-22(17-21)23-12-15-29-27(18-23)26-8-1-2-9-28(26)32(29)25-7-4-16-31-19-25/h1-19H. The van der Waals surface area contributed by atoms with Gasteiger partial charge in [-0.15, -0.1) is 0 Å². The summed E-state index contributed by atoms with van der Waals surface area (Å²) in [6.07, 6.45) is 3.73. The van der Waals surface area contributed by atoms with Gasteiger partial charge in [0.1, 0.15) is 0 Å². The molecule has 0 aliphatic carbocycles. The molecule has 152 valence electrons. The Morgan fingerprint density at radius 3 is 2.09 bits per heavy atom. The second-order valence-corrected chi connectivity index (χ2v) is 8.80. The fraction of sp³-hybridized carbons (Fsp3) is 0. The highest BCUT2D eigenvalue weighted by Gasteiger charge is 2.13. The van der Waals surface area contributed by atoms with Gasteiger partial charge < -0.3 is 4.57 Å². The first-order valence-electron chi connectivity index (χ1n) is 10.6. The molecule has 0 aliphatic rings. The van der Waals surface area contributed by atoms with E-state index in [9.17, 15) is 0 Å². The van der Waals surface area contributed by atoms with E-state index in [0.717, 1.165) is 10.2 Å². The molecule has 4 aromatic carbocycles. The van der Waals surface area contributed by atoms with Crippen LogP contribution in [0.4, 0.5) is 0 Å². The number of para-hydroxylation sites is 1. The lowest BCUT2D eigenvalue weighted by molar-refractivity contribution is 1.14. The summed E-state index contributed by atoms with van der Waals surface area (Å²) in [4.78, 5) is 4.34. The van der Waals surface area contributed by atoms with Crippen molar-refractivity contribution >= 4 is 37.7 Å². The van der Waals surface area contributed by atoms with Crippen LogP contribution in [0.5, 0.6) is 0 Å². The van der Waals surface area contributed by atoms with Gasteiger partial charge in [-0.1, -0.05) is 70.5 Å². The summed E-state index contributed by atoms with van der Waals surface area (Å²) in [6.45, 7) is 0. The van der Waals surface area contributed by atoms with Crippen molar-refractivity contribution in [1.29, 1.82) is 0 Å². The highest BCUT2D eigenvalue weighted by molar-refractivity contribution is 9.10. The summed E-state index contributed by atoms with van der Waals surface area (Å²) >= 11 is 3.52. The van der Waals surface area contributed by atoms with Crippen LogP contribution >= 0.6 is 15.9 Å². The average molecular weight is 475 g/mol. The van der Waals surface area contributed by atoms with Crippen molar-refractivity contribution in [3.05, 3.63) is 120 Å². The van der Waals surface area contributed by atoms with Gasteiger partial charge in [0.25, 0.3) is 0 Å². The molecule has 2 heterocycles. The van der Waals surface area contributed by atoms with E-state index in [4.69, 9.17) is 0 Å². The highest BCUT2D eigenvalue weighted by Crippen LogP contribution is 2.35. The molecule has 2 nitrogen and oxygen atoms in total. The summed E-state index contributed by atoms with van der Waals surface area (Å²) in [5.41, 5.74) is 8.31.